The van der Waals surface area contributed by atoms with Crippen molar-refractivity contribution in [2.75, 3.05) is 14.2 Å². The van der Waals surface area contributed by atoms with E-state index in [1.165, 1.54) is 7.11 Å². The molecule has 0 spiro atoms. The lowest BCUT2D eigenvalue weighted by Crippen LogP contribution is -2.26. The number of hydrogen-bond donors (Lipinski definition) is 0. The Morgan fingerprint density at radius 3 is 2.09 bits per heavy atom. The van der Waals surface area contributed by atoms with E-state index in [-0.39, 0.29) is 5.91 Å². The third-order valence-corrected chi connectivity index (χ3v) is 5.17. The number of esters is 1. The summed E-state index contributed by atoms with van der Waals surface area (Å²) in [7, 11) is 3.08. The van der Waals surface area contributed by atoms with Crippen molar-refractivity contribution in [1.29, 1.82) is 0 Å². The van der Waals surface area contributed by atoms with Crippen LogP contribution < -0.4 is 0 Å². The molecule has 4 aromatic rings. The molecule has 1 heterocycles. The zero-order chi connectivity index (χ0) is 22.5. The van der Waals surface area contributed by atoms with Crippen molar-refractivity contribution in [2.45, 2.75) is 6.54 Å². The van der Waals surface area contributed by atoms with Gasteiger partial charge in [-0.2, -0.15) is 5.10 Å². The van der Waals surface area contributed by atoms with Crippen LogP contribution in [0.3, 0.4) is 0 Å². The molecule has 0 fully saturated rings. The van der Waals surface area contributed by atoms with Crippen molar-refractivity contribution in [3.63, 3.8) is 0 Å². The third kappa shape index (κ3) is 4.44. The molecule has 6 heteroatoms. The molecule has 1 aromatic heterocycles. The van der Waals surface area contributed by atoms with Gasteiger partial charge in [0, 0.05) is 36.5 Å². The number of nitrogens with zero attached hydrogens (tertiary/aromatic N) is 3. The fourth-order valence-corrected chi connectivity index (χ4v) is 3.49. The maximum Gasteiger partial charge on any atom is 0.337 e. The maximum absolute atomic E-state index is 13.0. The molecule has 0 aliphatic heterocycles. The van der Waals surface area contributed by atoms with E-state index >= 15 is 0 Å². The number of carbonyl (C=O) groups is 2. The Balaban J connectivity index is 1.62. The highest BCUT2D eigenvalue weighted by atomic mass is 16.5. The fraction of sp³-hybridized carbons (Fsp3) is 0.115. The summed E-state index contributed by atoms with van der Waals surface area (Å²) in [6, 6.07) is 26.2. The first-order valence-electron chi connectivity index (χ1n) is 10.2. The SMILES string of the molecule is COC(=O)c1ccc(C(=O)N(C)Cc2cn(-c3ccccc3)nc2-c2ccccc2)cc1. The smallest absolute Gasteiger partial charge is 0.337 e. The molecule has 0 aliphatic carbocycles. The Kier molecular flexibility index (Phi) is 6.12. The molecule has 0 saturated heterocycles. The minimum Gasteiger partial charge on any atom is -0.465 e. The molecule has 0 radical (unpaired) electrons. The molecular formula is C26H23N3O3. The van der Waals surface area contributed by atoms with Gasteiger partial charge in [0.25, 0.3) is 5.91 Å². The zero-order valence-electron chi connectivity index (χ0n) is 17.9. The summed E-state index contributed by atoms with van der Waals surface area (Å²) < 4.78 is 6.55. The largest absolute Gasteiger partial charge is 0.465 e. The van der Waals surface area contributed by atoms with E-state index in [1.54, 1.807) is 36.2 Å². The number of hydrogen-bond acceptors (Lipinski definition) is 4. The van der Waals surface area contributed by atoms with Gasteiger partial charge >= 0.3 is 5.97 Å². The van der Waals surface area contributed by atoms with E-state index in [1.807, 2.05) is 71.5 Å². The monoisotopic (exact) mass is 425 g/mol. The van der Waals surface area contributed by atoms with E-state index in [9.17, 15) is 9.59 Å². The van der Waals surface area contributed by atoms with E-state index in [0.29, 0.717) is 17.7 Å². The number of amides is 1. The fourth-order valence-electron chi connectivity index (χ4n) is 3.49. The molecule has 4 rings (SSSR count). The number of methoxy groups -OCH3 is 1. The van der Waals surface area contributed by atoms with Gasteiger partial charge in [0.2, 0.25) is 0 Å². The molecular weight excluding hydrogens is 402 g/mol. The first kappa shape index (κ1) is 21.1. The Morgan fingerprint density at radius 2 is 1.47 bits per heavy atom. The Morgan fingerprint density at radius 1 is 0.875 bits per heavy atom. The van der Waals surface area contributed by atoms with Crippen molar-refractivity contribution in [3.8, 4) is 16.9 Å². The van der Waals surface area contributed by atoms with Crippen LogP contribution in [-0.4, -0.2) is 40.7 Å². The van der Waals surface area contributed by atoms with Crippen molar-refractivity contribution in [1.82, 2.24) is 14.7 Å². The highest BCUT2D eigenvalue weighted by Gasteiger charge is 2.18. The highest BCUT2D eigenvalue weighted by Crippen LogP contribution is 2.25. The summed E-state index contributed by atoms with van der Waals surface area (Å²) in [5, 5.41) is 4.80. The normalized spacial score (nSPS) is 10.6. The van der Waals surface area contributed by atoms with Crippen molar-refractivity contribution >= 4 is 11.9 Å². The van der Waals surface area contributed by atoms with Gasteiger partial charge in [-0.25, -0.2) is 9.48 Å². The zero-order valence-corrected chi connectivity index (χ0v) is 17.9. The number of para-hydroxylation sites is 1. The molecule has 0 atom stereocenters. The van der Waals surface area contributed by atoms with Gasteiger partial charge in [0.15, 0.2) is 0 Å². The van der Waals surface area contributed by atoms with Crippen LogP contribution in [0.15, 0.2) is 91.1 Å². The van der Waals surface area contributed by atoms with Crippen molar-refractivity contribution < 1.29 is 14.3 Å². The highest BCUT2D eigenvalue weighted by molar-refractivity contribution is 5.96. The second-order valence-corrected chi connectivity index (χ2v) is 7.38. The minimum absolute atomic E-state index is 0.145. The number of ether oxygens (including phenoxy) is 1. The number of rotatable bonds is 6. The van der Waals surface area contributed by atoms with Gasteiger partial charge in [0.1, 0.15) is 0 Å². The van der Waals surface area contributed by atoms with Crippen LogP contribution in [0.25, 0.3) is 16.9 Å². The summed E-state index contributed by atoms with van der Waals surface area (Å²) in [6.45, 7) is 0.384. The minimum atomic E-state index is -0.432. The number of carbonyl (C=O) groups excluding carboxylic acids is 2. The Hall–Kier alpha value is -4.19. The van der Waals surface area contributed by atoms with E-state index in [0.717, 1.165) is 22.5 Å². The first-order chi connectivity index (χ1) is 15.6. The topological polar surface area (TPSA) is 64.4 Å². The van der Waals surface area contributed by atoms with Gasteiger partial charge < -0.3 is 9.64 Å². The molecule has 0 N–H and O–H groups in total. The lowest BCUT2D eigenvalue weighted by atomic mass is 10.1. The quantitative estimate of drug-likeness (QED) is 0.424. The van der Waals surface area contributed by atoms with Crippen LogP contribution in [0.2, 0.25) is 0 Å². The van der Waals surface area contributed by atoms with E-state index < -0.39 is 5.97 Å². The molecule has 1 amide bonds. The first-order valence-corrected chi connectivity index (χ1v) is 10.2. The van der Waals surface area contributed by atoms with Crippen molar-refractivity contribution in [2.24, 2.45) is 0 Å². The van der Waals surface area contributed by atoms with Crippen LogP contribution in [0.5, 0.6) is 0 Å². The number of benzene rings is 3. The molecule has 6 nitrogen and oxygen atoms in total. The Bertz CT molecular complexity index is 1220. The van der Waals surface area contributed by atoms with Crippen LogP contribution in [0.4, 0.5) is 0 Å². The molecule has 0 unspecified atom stereocenters. The molecule has 32 heavy (non-hydrogen) atoms. The van der Waals surface area contributed by atoms with Crippen LogP contribution in [0.1, 0.15) is 26.3 Å². The number of aromatic nitrogens is 2. The molecule has 0 saturated carbocycles. The van der Waals surface area contributed by atoms with Gasteiger partial charge in [-0.05, 0) is 36.4 Å². The molecule has 160 valence electrons. The standard InChI is InChI=1S/C26H23N3O3/c1-28(25(30)20-13-15-21(16-14-20)26(31)32-2)17-22-18-29(23-11-7-4-8-12-23)27-24(22)19-9-5-3-6-10-19/h3-16,18H,17H2,1-2H3. The lowest BCUT2D eigenvalue weighted by molar-refractivity contribution is 0.0600. The molecule has 0 aliphatic rings. The summed E-state index contributed by atoms with van der Waals surface area (Å²) in [4.78, 5) is 26.3. The molecule has 3 aromatic carbocycles. The summed E-state index contributed by atoms with van der Waals surface area (Å²) in [5.41, 5.74) is 4.60. The van der Waals surface area contributed by atoms with Gasteiger partial charge in [-0.15, -0.1) is 0 Å². The Labute approximate surface area is 186 Å². The maximum atomic E-state index is 13.0. The van der Waals surface area contributed by atoms with E-state index in [4.69, 9.17) is 9.84 Å². The van der Waals surface area contributed by atoms with Crippen molar-refractivity contribution in [3.05, 3.63) is 108 Å². The lowest BCUT2D eigenvalue weighted by Gasteiger charge is -2.17. The second-order valence-electron chi connectivity index (χ2n) is 7.38. The van der Waals surface area contributed by atoms with Gasteiger partial charge in [-0.3, -0.25) is 4.79 Å². The third-order valence-electron chi connectivity index (χ3n) is 5.17. The van der Waals surface area contributed by atoms with E-state index in [2.05, 4.69) is 0 Å². The van der Waals surface area contributed by atoms with Crippen LogP contribution in [-0.2, 0) is 11.3 Å². The summed E-state index contributed by atoms with van der Waals surface area (Å²) in [6.07, 6.45) is 1.96. The van der Waals surface area contributed by atoms with Crippen LogP contribution in [0, 0.1) is 0 Å². The average molecular weight is 425 g/mol. The summed E-state index contributed by atoms with van der Waals surface area (Å²) in [5.74, 6) is -0.578. The van der Waals surface area contributed by atoms with Gasteiger partial charge in [-0.1, -0.05) is 48.5 Å². The predicted molar refractivity (Wildman–Crippen MR) is 123 cm³/mol. The second kappa shape index (κ2) is 9.31. The van der Waals surface area contributed by atoms with Crippen LogP contribution >= 0.6 is 0 Å². The van der Waals surface area contributed by atoms with Gasteiger partial charge in [0.05, 0.1) is 24.1 Å². The molecule has 0 bridgehead atoms. The predicted octanol–water partition coefficient (Wildman–Crippen LogP) is 4.60. The average Bonchev–Trinajstić information content (AvgIpc) is 3.28. The summed E-state index contributed by atoms with van der Waals surface area (Å²) >= 11 is 0.